The fraction of sp³-hybridized carbons (Fsp3) is 0.100. The van der Waals surface area contributed by atoms with Crippen LogP contribution in [0.25, 0.3) is 5.69 Å². The highest BCUT2D eigenvalue weighted by Crippen LogP contribution is 2.16. The quantitative estimate of drug-likeness (QED) is 0.615. The maximum Gasteiger partial charge on any atom is 0.131 e. The minimum absolute atomic E-state index is 0.382. The molecule has 0 atom stereocenters. The summed E-state index contributed by atoms with van der Waals surface area (Å²) in [7, 11) is 0. The van der Waals surface area contributed by atoms with Crippen LogP contribution in [0.15, 0.2) is 43.0 Å². The molecule has 0 radical (unpaired) electrons. The predicted octanol–water partition coefficient (Wildman–Crippen LogP) is 2.14. The third-order valence-corrected chi connectivity index (χ3v) is 1.98. The molecule has 14 heavy (non-hydrogen) atoms. The zero-order valence-electron chi connectivity index (χ0n) is 7.50. The third kappa shape index (κ3) is 1.90. The number of benzene rings is 1. The van der Waals surface area contributed by atoms with Gasteiger partial charge in [-0.25, -0.2) is 4.98 Å². The van der Waals surface area contributed by atoms with E-state index < -0.39 is 0 Å². The molecule has 0 saturated carbocycles. The first-order valence-electron chi connectivity index (χ1n) is 4.22. The lowest BCUT2D eigenvalue weighted by Gasteiger charge is -2.05. The van der Waals surface area contributed by atoms with Gasteiger partial charge >= 0.3 is 0 Å². The average molecular weight is 206 g/mol. The van der Waals surface area contributed by atoms with Crippen molar-refractivity contribution in [3.8, 4) is 11.4 Å². The Morgan fingerprint density at radius 2 is 2.36 bits per heavy atom. The van der Waals surface area contributed by atoms with Crippen LogP contribution in [-0.4, -0.2) is 15.5 Å². The molecule has 0 N–H and O–H groups in total. The summed E-state index contributed by atoms with van der Waals surface area (Å²) in [5.74, 6) is 1.19. The van der Waals surface area contributed by atoms with E-state index in [4.69, 9.17) is 4.74 Å². The van der Waals surface area contributed by atoms with Crippen LogP contribution < -0.4 is 4.74 Å². The highest BCUT2D eigenvalue weighted by molar-refractivity contribution is 7.80. The van der Waals surface area contributed by atoms with Crippen molar-refractivity contribution in [2.45, 2.75) is 0 Å². The number of nitrogens with zero attached hydrogens (tertiary/aromatic N) is 2. The molecule has 1 aromatic heterocycles. The highest BCUT2D eigenvalue weighted by Gasteiger charge is 1.97. The fourth-order valence-electron chi connectivity index (χ4n) is 1.22. The molecule has 0 saturated heterocycles. The van der Waals surface area contributed by atoms with Crippen molar-refractivity contribution in [3.63, 3.8) is 0 Å². The van der Waals surface area contributed by atoms with Gasteiger partial charge in [0, 0.05) is 18.5 Å². The number of aromatic nitrogens is 2. The summed E-state index contributed by atoms with van der Waals surface area (Å²) in [5, 5.41) is 0. The maximum atomic E-state index is 5.28. The van der Waals surface area contributed by atoms with E-state index in [-0.39, 0.29) is 0 Å². The van der Waals surface area contributed by atoms with E-state index in [1.54, 1.807) is 12.5 Å². The Morgan fingerprint density at radius 1 is 1.43 bits per heavy atom. The molecule has 4 heteroatoms. The number of rotatable bonds is 3. The van der Waals surface area contributed by atoms with Gasteiger partial charge < -0.3 is 9.30 Å². The van der Waals surface area contributed by atoms with Crippen LogP contribution in [0.1, 0.15) is 0 Å². The largest absolute Gasteiger partial charge is 0.483 e. The van der Waals surface area contributed by atoms with Gasteiger partial charge in [-0.05, 0) is 12.1 Å². The predicted molar refractivity (Wildman–Crippen MR) is 58.0 cm³/mol. The lowest BCUT2D eigenvalue weighted by Crippen LogP contribution is -1.93. The van der Waals surface area contributed by atoms with Crippen molar-refractivity contribution in [2.24, 2.45) is 0 Å². The molecule has 0 aliphatic heterocycles. The number of thiol groups is 1. The lowest BCUT2D eigenvalue weighted by molar-refractivity contribution is 0.394. The summed E-state index contributed by atoms with van der Waals surface area (Å²) >= 11 is 4.00. The summed E-state index contributed by atoms with van der Waals surface area (Å²) in [6, 6.07) is 7.77. The SMILES string of the molecule is SCOc1cccc(-n2ccnc2)c1. The first-order chi connectivity index (χ1) is 6.90. The molecule has 3 nitrogen and oxygen atoms in total. The third-order valence-electron chi connectivity index (χ3n) is 1.85. The summed E-state index contributed by atoms with van der Waals surface area (Å²) in [6.07, 6.45) is 5.38. The van der Waals surface area contributed by atoms with Crippen LogP contribution in [0, 0.1) is 0 Å². The molecular weight excluding hydrogens is 196 g/mol. The van der Waals surface area contributed by atoms with Gasteiger partial charge in [0.15, 0.2) is 0 Å². The van der Waals surface area contributed by atoms with E-state index in [0.29, 0.717) is 5.94 Å². The minimum atomic E-state index is 0.382. The number of hydrogen-bond donors (Lipinski definition) is 1. The normalized spacial score (nSPS) is 10.1. The van der Waals surface area contributed by atoms with Crippen molar-refractivity contribution >= 4 is 12.6 Å². The van der Waals surface area contributed by atoms with Gasteiger partial charge in [-0.1, -0.05) is 6.07 Å². The van der Waals surface area contributed by atoms with E-state index in [9.17, 15) is 0 Å². The van der Waals surface area contributed by atoms with Crippen LogP contribution in [0.3, 0.4) is 0 Å². The summed E-state index contributed by atoms with van der Waals surface area (Å²) in [6.45, 7) is 0. The second kappa shape index (κ2) is 4.19. The Hall–Kier alpha value is -1.42. The van der Waals surface area contributed by atoms with Crippen LogP contribution in [0.4, 0.5) is 0 Å². The molecule has 0 unspecified atom stereocenters. The molecule has 1 aromatic carbocycles. The van der Waals surface area contributed by atoms with Crippen molar-refractivity contribution < 1.29 is 4.74 Å². The Morgan fingerprint density at radius 3 is 3.07 bits per heavy atom. The second-order valence-electron chi connectivity index (χ2n) is 2.74. The Bertz CT molecular complexity index is 400. The van der Waals surface area contributed by atoms with Crippen LogP contribution in [0.5, 0.6) is 5.75 Å². The number of imidazole rings is 1. The van der Waals surface area contributed by atoms with E-state index >= 15 is 0 Å². The van der Waals surface area contributed by atoms with Crippen molar-refractivity contribution in [1.82, 2.24) is 9.55 Å². The summed E-state index contributed by atoms with van der Waals surface area (Å²) in [4.78, 5) is 3.98. The van der Waals surface area contributed by atoms with Crippen molar-refractivity contribution in [3.05, 3.63) is 43.0 Å². The highest BCUT2D eigenvalue weighted by atomic mass is 32.1. The molecule has 0 aliphatic carbocycles. The van der Waals surface area contributed by atoms with Gasteiger partial charge in [-0.2, -0.15) is 0 Å². The van der Waals surface area contributed by atoms with Crippen LogP contribution >= 0.6 is 12.6 Å². The first kappa shape index (κ1) is 9.15. The van der Waals surface area contributed by atoms with E-state index in [2.05, 4.69) is 17.6 Å². The molecular formula is C10H10N2OS. The molecule has 0 amide bonds. The minimum Gasteiger partial charge on any atom is -0.483 e. The van der Waals surface area contributed by atoms with E-state index in [1.165, 1.54) is 0 Å². The Labute approximate surface area is 87.8 Å². The Kier molecular flexibility index (Phi) is 2.74. The zero-order chi connectivity index (χ0) is 9.80. The smallest absolute Gasteiger partial charge is 0.131 e. The molecule has 0 aliphatic rings. The Balaban J connectivity index is 2.31. The molecule has 1 heterocycles. The average Bonchev–Trinajstić information content (AvgIpc) is 2.71. The lowest BCUT2D eigenvalue weighted by atomic mass is 10.3. The van der Waals surface area contributed by atoms with Crippen LogP contribution in [0.2, 0.25) is 0 Å². The zero-order valence-corrected chi connectivity index (χ0v) is 8.39. The first-order valence-corrected chi connectivity index (χ1v) is 4.85. The van der Waals surface area contributed by atoms with Gasteiger partial charge in [0.05, 0.1) is 12.0 Å². The van der Waals surface area contributed by atoms with Crippen molar-refractivity contribution in [1.29, 1.82) is 0 Å². The molecule has 0 spiro atoms. The summed E-state index contributed by atoms with van der Waals surface area (Å²) < 4.78 is 7.20. The second-order valence-corrected chi connectivity index (χ2v) is 3.00. The maximum absolute atomic E-state index is 5.28. The number of hydrogen-bond acceptors (Lipinski definition) is 3. The molecule has 2 rings (SSSR count). The molecule has 72 valence electrons. The number of ether oxygens (including phenoxy) is 1. The molecule has 2 aromatic rings. The summed E-state index contributed by atoms with van der Waals surface area (Å²) in [5.41, 5.74) is 1.03. The van der Waals surface area contributed by atoms with Gasteiger partial charge in [-0.15, -0.1) is 12.6 Å². The molecule has 0 fully saturated rings. The van der Waals surface area contributed by atoms with Crippen molar-refractivity contribution in [2.75, 3.05) is 5.94 Å². The fourth-order valence-corrected chi connectivity index (χ4v) is 1.37. The van der Waals surface area contributed by atoms with E-state index in [1.807, 2.05) is 35.0 Å². The van der Waals surface area contributed by atoms with Gasteiger partial charge in [0.1, 0.15) is 11.7 Å². The topological polar surface area (TPSA) is 27.1 Å². The van der Waals surface area contributed by atoms with Gasteiger partial charge in [0.2, 0.25) is 0 Å². The monoisotopic (exact) mass is 206 g/mol. The standard InChI is InChI=1S/C10H10N2OS/c14-8-13-10-3-1-2-9(6-10)12-5-4-11-7-12/h1-7,14H,8H2. The van der Waals surface area contributed by atoms with Gasteiger partial charge in [-0.3, -0.25) is 0 Å². The molecule has 0 bridgehead atoms. The van der Waals surface area contributed by atoms with Gasteiger partial charge in [0.25, 0.3) is 0 Å². The van der Waals surface area contributed by atoms with E-state index in [0.717, 1.165) is 11.4 Å². The van der Waals surface area contributed by atoms with Crippen LogP contribution in [-0.2, 0) is 0 Å².